The fourth-order valence-electron chi connectivity index (χ4n) is 3.87. The van der Waals surface area contributed by atoms with Gasteiger partial charge in [0, 0.05) is 37.6 Å². The van der Waals surface area contributed by atoms with Crippen molar-refractivity contribution < 1.29 is 35.5 Å². The smallest absolute Gasteiger partial charge is 0.309 e. The maximum absolute atomic E-state index is 13.5. The van der Waals surface area contributed by atoms with Crippen LogP contribution in [0, 0.1) is 5.92 Å². The Balaban J connectivity index is 1.60. The average molecular weight is 470 g/mol. The minimum Gasteiger partial charge on any atom is -0.309 e. The van der Waals surface area contributed by atoms with Crippen molar-refractivity contribution in [1.29, 1.82) is 0 Å². The summed E-state index contributed by atoms with van der Waals surface area (Å²) in [5.74, 6) is -11.1. The van der Waals surface area contributed by atoms with Gasteiger partial charge in [-0.25, -0.2) is 4.98 Å². The maximum atomic E-state index is 13.5. The van der Waals surface area contributed by atoms with Gasteiger partial charge >= 0.3 is 18.0 Å². The normalized spacial score (nSPS) is 22.6. The number of aromatic nitrogens is 3. The summed E-state index contributed by atoms with van der Waals surface area (Å²) >= 11 is 0.436. The molecule has 31 heavy (non-hydrogen) atoms. The van der Waals surface area contributed by atoms with Crippen molar-refractivity contribution in [3.63, 3.8) is 0 Å². The molecule has 2 aliphatic carbocycles. The van der Waals surface area contributed by atoms with Crippen LogP contribution in [-0.4, -0.2) is 32.5 Å². The lowest BCUT2D eigenvalue weighted by Gasteiger charge is -2.43. The Morgan fingerprint density at radius 3 is 2.45 bits per heavy atom. The molecule has 0 saturated heterocycles. The lowest BCUT2D eigenvalue weighted by atomic mass is 9.74. The molecule has 4 rings (SSSR count). The third-order valence-electron chi connectivity index (χ3n) is 5.77. The van der Waals surface area contributed by atoms with E-state index in [4.69, 9.17) is 0 Å². The SMILES string of the molecule is Cn1nc(NC(=O)C[C@H]2CC(F)(F)C2(F)F)c(C2CCC2)c1-c1cnc(C(F)(F)F)s1. The number of nitrogens with zero attached hydrogens (tertiary/aromatic N) is 3. The molecule has 0 unspecified atom stereocenters. The molecular formula is C18H17F7N4OS. The molecule has 5 nitrogen and oxygen atoms in total. The number of carbonyl (C=O) groups is 1. The van der Waals surface area contributed by atoms with Crippen LogP contribution in [0.5, 0.6) is 0 Å². The van der Waals surface area contributed by atoms with E-state index in [0.717, 1.165) is 25.5 Å². The van der Waals surface area contributed by atoms with Crippen LogP contribution < -0.4 is 5.32 Å². The molecule has 1 N–H and O–H groups in total. The van der Waals surface area contributed by atoms with Gasteiger partial charge in [0.25, 0.3) is 0 Å². The first kappa shape index (κ1) is 22.0. The Kier molecular flexibility index (Phi) is 5.10. The van der Waals surface area contributed by atoms with Crippen LogP contribution in [0.1, 0.15) is 48.6 Å². The number of amides is 1. The summed E-state index contributed by atoms with van der Waals surface area (Å²) in [4.78, 5) is 15.9. The number of rotatable bonds is 5. The molecule has 2 aromatic rings. The molecule has 2 aromatic heterocycles. The highest BCUT2D eigenvalue weighted by molar-refractivity contribution is 7.15. The van der Waals surface area contributed by atoms with Gasteiger partial charge in [-0.05, 0) is 18.8 Å². The number of carbonyl (C=O) groups excluding carboxylic acids is 1. The molecule has 0 bridgehead atoms. The van der Waals surface area contributed by atoms with Crippen LogP contribution in [0.15, 0.2) is 6.20 Å². The van der Waals surface area contributed by atoms with Crippen molar-refractivity contribution >= 4 is 23.1 Å². The van der Waals surface area contributed by atoms with Crippen LogP contribution in [-0.2, 0) is 18.0 Å². The van der Waals surface area contributed by atoms with Gasteiger partial charge in [-0.3, -0.25) is 9.48 Å². The van der Waals surface area contributed by atoms with E-state index in [1.165, 1.54) is 11.7 Å². The van der Waals surface area contributed by atoms with Gasteiger partial charge in [-0.15, -0.1) is 11.3 Å². The van der Waals surface area contributed by atoms with Crippen LogP contribution in [0.25, 0.3) is 10.6 Å². The molecule has 0 radical (unpaired) electrons. The van der Waals surface area contributed by atoms with E-state index in [0.29, 0.717) is 22.6 Å². The van der Waals surface area contributed by atoms with Crippen molar-refractivity contribution in [3.05, 3.63) is 16.8 Å². The van der Waals surface area contributed by atoms with E-state index in [1.807, 2.05) is 0 Å². The summed E-state index contributed by atoms with van der Waals surface area (Å²) in [7, 11) is 1.49. The number of halogens is 7. The molecule has 1 amide bonds. The summed E-state index contributed by atoms with van der Waals surface area (Å²) in [6, 6.07) is 0. The van der Waals surface area contributed by atoms with Gasteiger partial charge in [-0.2, -0.15) is 35.8 Å². The van der Waals surface area contributed by atoms with Gasteiger partial charge in [0.2, 0.25) is 5.91 Å². The first-order valence-corrected chi connectivity index (χ1v) is 10.3. The number of hydrogen-bond acceptors (Lipinski definition) is 4. The fourth-order valence-corrected chi connectivity index (χ4v) is 4.75. The molecule has 2 heterocycles. The highest BCUT2D eigenvalue weighted by Gasteiger charge is 2.71. The number of thiazole rings is 1. The van der Waals surface area contributed by atoms with Crippen molar-refractivity contribution in [2.75, 3.05) is 5.32 Å². The second-order valence-corrected chi connectivity index (χ2v) is 8.90. The van der Waals surface area contributed by atoms with E-state index in [2.05, 4.69) is 15.4 Å². The molecule has 0 spiro atoms. The van der Waals surface area contributed by atoms with Crippen molar-refractivity contribution in [2.45, 2.75) is 56.0 Å². The second-order valence-electron chi connectivity index (χ2n) is 7.87. The summed E-state index contributed by atoms with van der Waals surface area (Å²) in [5.41, 5.74) is 0.860. The van der Waals surface area contributed by atoms with Crippen molar-refractivity contribution in [3.8, 4) is 10.6 Å². The third-order valence-corrected chi connectivity index (χ3v) is 6.82. The zero-order valence-electron chi connectivity index (χ0n) is 16.1. The van der Waals surface area contributed by atoms with Gasteiger partial charge in [0.05, 0.1) is 10.6 Å². The summed E-state index contributed by atoms with van der Waals surface area (Å²) in [6.45, 7) is 0. The first-order valence-electron chi connectivity index (χ1n) is 9.47. The molecule has 0 aliphatic heterocycles. The molecule has 2 aliphatic rings. The number of alkyl halides is 7. The van der Waals surface area contributed by atoms with E-state index in [-0.39, 0.29) is 16.6 Å². The predicted octanol–water partition coefficient (Wildman–Crippen LogP) is 5.45. The maximum Gasteiger partial charge on any atom is 0.443 e. The third kappa shape index (κ3) is 3.70. The van der Waals surface area contributed by atoms with Crippen LogP contribution in [0.4, 0.5) is 36.6 Å². The van der Waals surface area contributed by atoms with E-state index < -0.39 is 47.7 Å². The van der Waals surface area contributed by atoms with Crippen LogP contribution in [0.2, 0.25) is 0 Å². The fraction of sp³-hybridized carbons (Fsp3) is 0.611. The standard InChI is InChI=1S/C18H17F7N4OS/c1-29-13(10-7-26-15(31-10)18(23,24)25)12(8-3-2-4-8)14(28-29)27-11(30)5-9-6-16(19,20)17(9,21)22/h7-9H,2-6H2,1H3,(H,27,28,30)/t9-/m0/s1. The highest BCUT2D eigenvalue weighted by atomic mass is 32.1. The zero-order chi connectivity index (χ0) is 22.8. The second kappa shape index (κ2) is 7.17. The quantitative estimate of drug-likeness (QED) is 0.592. The van der Waals surface area contributed by atoms with Crippen molar-refractivity contribution in [2.24, 2.45) is 13.0 Å². The molecule has 1 atom stereocenters. The Morgan fingerprint density at radius 1 is 1.29 bits per heavy atom. The molecular weight excluding hydrogens is 453 g/mol. The van der Waals surface area contributed by atoms with Gasteiger partial charge in [-0.1, -0.05) is 6.42 Å². The summed E-state index contributed by atoms with van der Waals surface area (Å²) in [6.07, 6.45) is -3.10. The molecule has 2 fully saturated rings. The van der Waals surface area contributed by atoms with Gasteiger partial charge in [0.1, 0.15) is 0 Å². The van der Waals surface area contributed by atoms with Crippen LogP contribution in [0.3, 0.4) is 0 Å². The Bertz CT molecular complexity index is 1010. The van der Waals surface area contributed by atoms with E-state index >= 15 is 0 Å². The number of aryl methyl sites for hydroxylation is 1. The Hall–Kier alpha value is -2.18. The van der Waals surface area contributed by atoms with E-state index in [1.54, 1.807) is 0 Å². The Morgan fingerprint density at radius 2 is 1.97 bits per heavy atom. The number of nitrogens with one attached hydrogen (secondary N) is 1. The number of hydrogen-bond donors (Lipinski definition) is 1. The first-order chi connectivity index (χ1) is 14.3. The number of anilines is 1. The largest absolute Gasteiger partial charge is 0.443 e. The van der Waals surface area contributed by atoms with Crippen LogP contribution >= 0.6 is 11.3 Å². The van der Waals surface area contributed by atoms with Gasteiger partial charge in [0.15, 0.2) is 10.8 Å². The summed E-state index contributed by atoms with van der Waals surface area (Å²) < 4.78 is 93.2. The van der Waals surface area contributed by atoms with Crippen molar-refractivity contribution in [1.82, 2.24) is 14.8 Å². The zero-order valence-corrected chi connectivity index (χ0v) is 16.9. The molecule has 0 aromatic carbocycles. The predicted molar refractivity (Wildman–Crippen MR) is 97.2 cm³/mol. The summed E-state index contributed by atoms with van der Waals surface area (Å²) in [5, 5.41) is 5.54. The van der Waals surface area contributed by atoms with Gasteiger partial charge < -0.3 is 5.32 Å². The van der Waals surface area contributed by atoms with E-state index in [9.17, 15) is 35.5 Å². The Labute approximate surface area is 175 Å². The topological polar surface area (TPSA) is 59.8 Å². The molecule has 2 saturated carbocycles. The lowest BCUT2D eigenvalue weighted by molar-refractivity contribution is -0.313. The average Bonchev–Trinajstić information content (AvgIpc) is 3.18. The monoisotopic (exact) mass is 470 g/mol. The minimum atomic E-state index is -4.61. The minimum absolute atomic E-state index is 0.0450. The highest BCUT2D eigenvalue weighted by Crippen LogP contribution is 2.56. The molecule has 170 valence electrons. The molecule has 13 heteroatoms. The lowest BCUT2D eigenvalue weighted by Crippen LogP contribution is -2.59.